The maximum absolute atomic E-state index is 12.0. The fraction of sp³-hybridized carbons (Fsp3) is 0.619. The lowest BCUT2D eigenvalue weighted by atomic mass is 9.90. The maximum atomic E-state index is 12.0. The van der Waals surface area contributed by atoms with Gasteiger partial charge in [0, 0.05) is 5.57 Å². The van der Waals surface area contributed by atoms with Crippen LogP contribution in [0.15, 0.2) is 34.4 Å². The first-order valence-electron chi connectivity index (χ1n) is 9.25. The van der Waals surface area contributed by atoms with Gasteiger partial charge in [-0.2, -0.15) is 5.26 Å². The van der Waals surface area contributed by atoms with E-state index in [0.29, 0.717) is 6.42 Å². The van der Waals surface area contributed by atoms with Crippen molar-refractivity contribution < 1.29 is 14.6 Å². The third-order valence-corrected chi connectivity index (χ3v) is 6.55. The highest BCUT2D eigenvalue weighted by atomic mass is 32.2. The number of carbonyl (C=O) groups is 1. The summed E-state index contributed by atoms with van der Waals surface area (Å²) >= 11 is 1.17. The molecule has 1 aliphatic heterocycles. The normalized spacial score (nSPS) is 35.3. The molecule has 0 saturated carbocycles. The minimum absolute atomic E-state index is 0.224. The van der Waals surface area contributed by atoms with E-state index in [1.165, 1.54) is 17.3 Å². The van der Waals surface area contributed by atoms with Gasteiger partial charge in [0.15, 0.2) is 0 Å². The standard InChI is InChI=1S/C21H29NO3S/c1-14-6-5-11-21(4,26-13-22)19(23)10-8-15(2)12-18-17(9-7-14)16(3)20(24)25-18/h6,12,18-19,23H,5,7-11H2,1-4H3/b14-6+,15-12+/t18-,19+,21+/m0/s1. The van der Waals surface area contributed by atoms with Crippen LogP contribution in [0.4, 0.5) is 0 Å². The fourth-order valence-electron chi connectivity index (χ4n) is 3.52. The Hall–Kier alpha value is -1.51. The fourth-order valence-corrected chi connectivity index (χ4v) is 4.21. The van der Waals surface area contributed by atoms with Crippen molar-refractivity contribution in [2.24, 2.45) is 0 Å². The van der Waals surface area contributed by atoms with E-state index >= 15 is 0 Å². The molecule has 0 aromatic rings. The van der Waals surface area contributed by atoms with E-state index in [2.05, 4.69) is 18.4 Å². The molecule has 0 fully saturated rings. The van der Waals surface area contributed by atoms with Gasteiger partial charge in [-0.1, -0.05) is 17.2 Å². The molecule has 0 spiro atoms. The van der Waals surface area contributed by atoms with Gasteiger partial charge in [0.25, 0.3) is 0 Å². The quantitative estimate of drug-likeness (QED) is 0.405. The van der Waals surface area contributed by atoms with Gasteiger partial charge >= 0.3 is 5.97 Å². The molecule has 1 heterocycles. The lowest BCUT2D eigenvalue weighted by Gasteiger charge is -2.31. The predicted molar refractivity (Wildman–Crippen MR) is 105 cm³/mol. The number of thioether (sulfide) groups is 1. The second kappa shape index (κ2) is 8.92. The molecule has 142 valence electrons. The lowest BCUT2D eigenvalue weighted by Crippen LogP contribution is -2.35. The Kier molecular flexibility index (Phi) is 7.14. The van der Waals surface area contributed by atoms with Crippen LogP contribution < -0.4 is 0 Å². The first-order valence-corrected chi connectivity index (χ1v) is 10.1. The monoisotopic (exact) mass is 375 g/mol. The average molecular weight is 376 g/mol. The van der Waals surface area contributed by atoms with Gasteiger partial charge in [0.05, 0.1) is 10.9 Å². The zero-order valence-electron chi connectivity index (χ0n) is 16.2. The summed E-state index contributed by atoms with van der Waals surface area (Å²) in [5.41, 5.74) is 4.17. The molecule has 0 aromatic carbocycles. The molecule has 1 aliphatic carbocycles. The SMILES string of the molecule is CC1=C2CC/C(C)=C/CC[C@@](C)(SC#N)[C@H](O)CC/C(C)=C/[C@@H]2OC1=O. The molecule has 2 rings (SSSR count). The second-order valence-corrected chi connectivity index (χ2v) is 8.96. The molecular formula is C21H29NO3S. The highest BCUT2D eigenvalue weighted by molar-refractivity contribution is 8.05. The lowest BCUT2D eigenvalue weighted by molar-refractivity contribution is -0.138. The van der Waals surface area contributed by atoms with Crippen LogP contribution in [0.2, 0.25) is 0 Å². The number of allylic oxidation sites excluding steroid dienone is 3. The number of esters is 1. The highest BCUT2D eigenvalue weighted by Crippen LogP contribution is 2.36. The molecule has 1 N–H and O–H groups in total. The Morgan fingerprint density at radius 3 is 2.69 bits per heavy atom. The zero-order chi connectivity index (χ0) is 19.3. The number of hydrogen-bond donors (Lipinski definition) is 1. The molecule has 5 heteroatoms. The number of fused-ring (bicyclic) bond motifs is 1. The first-order chi connectivity index (χ1) is 12.3. The van der Waals surface area contributed by atoms with E-state index in [0.717, 1.165) is 48.8 Å². The van der Waals surface area contributed by atoms with Crippen molar-refractivity contribution in [2.45, 2.75) is 83.2 Å². The van der Waals surface area contributed by atoms with Crippen LogP contribution >= 0.6 is 11.8 Å². The van der Waals surface area contributed by atoms with Gasteiger partial charge in [-0.15, -0.1) is 0 Å². The number of rotatable bonds is 1. The molecule has 2 aliphatic rings. The molecule has 0 radical (unpaired) electrons. The number of aliphatic hydroxyl groups is 1. The van der Waals surface area contributed by atoms with Gasteiger partial charge in [0.1, 0.15) is 11.5 Å². The maximum Gasteiger partial charge on any atom is 0.334 e. The largest absolute Gasteiger partial charge is 0.450 e. The van der Waals surface area contributed by atoms with Crippen molar-refractivity contribution in [1.29, 1.82) is 5.26 Å². The summed E-state index contributed by atoms with van der Waals surface area (Å²) in [6, 6.07) is 0. The second-order valence-electron chi connectivity index (χ2n) is 7.64. The average Bonchev–Trinajstić information content (AvgIpc) is 2.84. The van der Waals surface area contributed by atoms with Crippen LogP contribution in [0, 0.1) is 10.7 Å². The Bertz CT molecular complexity index is 686. The van der Waals surface area contributed by atoms with Crippen molar-refractivity contribution in [1.82, 2.24) is 0 Å². The van der Waals surface area contributed by atoms with Crippen LogP contribution in [0.3, 0.4) is 0 Å². The predicted octanol–water partition coefficient (Wildman–Crippen LogP) is 4.81. The van der Waals surface area contributed by atoms with Gasteiger partial charge in [0.2, 0.25) is 0 Å². The number of nitriles is 1. The summed E-state index contributed by atoms with van der Waals surface area (Å²) in [6.07, 6.45) is 7.98. The van der Waals surface area contributed by atoms with Crippen molar-refractivity contribution in [3.8, 4) is 5.40 Å². The summed E-state index contributed by atoms with van der Waals surface area (Å²) < 4.78 is 5.06. The molecule has 26 heavy (non-hydrogen) atoms. The Balaban J connectivity index is 2.28. The molecule has 0 unspecified atom stereocenters. The summed E-state index contributed by atoms with van der Waals surface area (Å²) in [6.45, 7) is 7.93. The Morgan fingerprint density at radius 2 is 2.00 bits per heavy atom. The van der Waals surface area contributed by atoms with Crippen LogP contribution in [-0.2, 0) is 9.53 Å². The topological polar surface area (TPSA) is 70.3 Å². The number of thiocyanates is 1. The van der Waals surface area contributed by atoms with Crippen molar-refractivity contribution >= 4 is 17.7 Å². The zero-order valence-corrected chi connectivity index (χ0v) is 17.0. The van der Waals surface area contributed by atoms with Gasteiger partial charge in [-0.05, 0) is 89.6 Å². The minimum atomic E-state index is -0.560. The molecule has 4 nitrogen and oxygen atoms in total. The van der Waals surface area contributed by atoms with Crippen LogP contribution in [-0.4, -0.2) is 28.0 Å². The highest BCUT2D eigenvalue weighted by Gasteiger charge is 2.34. The molecule has 3 atom stereocenters. The van der Waals surface area contributed by atoms with E-state index in [1.807, 2.05) is 26.8 Å². The van der Waals surface area contributed by atoms with Gasteiger partial charge in [-0.3, -0.25) is 0 Å². The molecule has 0 aromatic heterocycles. The molecule has 0 amide bonds. The molecular weight excluding hydrogens is 346 g/mol. The Labute approximate surface area is 161 Å². The van der Waals surface area contributed by atoms with Crippen LogP contribution in [0.5, 0.6) is 0 Å². The third-order valence-electron chi connectivity index (χ3n) is 5.52. The van der Waals surface area contributed by atoms with E-state index in [4.69, 9.17) is 10.00 Å². The summed E-state index contributed by atoms with van der Waals surface area (Å²) in [4.78, 5) is 12.0. The number of carbonyl (C=O) groups excluding carboxylic acids is 1. The van der Waals surface area contributed by atoms with Gasteiger partial charge in [-0.25, -0.2) is 4.79 Å². The molecule has 0 saturated heterocycles. The van der Waals surface area contributed by atoms with Crippen LogP contribution in [0.1, 0.15) is 66.2 Å². The van der Waals surface area contributed by atoms with Crippen molar-refractivity contribution in [3.63, 3.8) is 0 Å². The number of aliphatic hydroxyl groups excluding tert-OH is 1. The number of hydrogen-bond acceptors (Lipinski definition) is 5. The first kappa shape index (κ1) is 20.8. The van der Waals surface area contributed by atoms with E-state index in [1.54, 1.807) is 0 Å². The van der Waals surface area contributed by atoms with Crippen molar-refractivity contribution in [2.75, 3.05) is 0 Å². The summed E-state index contributed by atoms with van der Waals surface area (Å²) in [7, 11) is 0. The molecule has 0 bridgehead atoms. The number of ether oxygens (including phenoxy) is 1. The third kappa shape index (κ3) is 5.02. The Morgan fingerprint density at radius 1 is 1.27 bits per heavy atom. The van der Waals surface area contributed by atoms with E-state index in [9.17, 15) is 9.90 Å². The van der Waals surface area contributed by atoms with Crippen molar-refractivity contribution in [3.05, 3.63) is 34.4 Å². The summed E-state index contributed by atoms with van der Waals surface area (Å²) in [5, 5.41) is 22.0. The van der Waals surface area contributed by atoms with E-state index < -0.39 is 10.9 Å². The minimum Gasteiger partial charge on any atom is -0.450 e. The van der Waals surface area contributed by atoms with Gasteiger partial charge < -0.3 is 9.84 Å². The van der Waals surface area contributed by atoms with Crippen LogP contribution in [0.25, 0.3) is 0 Å². The summed E-state index contributed by atoms with van der Waals surface area (Å²) in [5.74, 6) is -0.224. The number of nitrogens with zero attached hydrogens (tertiary/aromatic N) is 1. The van der Waals surface area contributed by atoms with E-state index in [-0.39, 0.29) is 12.1 Å². The smallest absolute Gasteiger partial charge is 0.334 e.